The first-order valence-corrected chi connectivity index (χ1v) is 12.4. The third-order valence-electron chi connectivity index (χ3n) is 6.96. The molecule has 2 unspecified atom stereocenters. The molecule has 8 heteroatoms. The van der Waals surface area contributed by atoms with E-state index in [1.165, 1.54) is 12.0 Å². The molecule has 3 saturated heterocycles. The summed E-state index contributed by atoms with van der Waals surface area (Å²) in [6, 6.07) is 17.6. The number of H-pyrrole nitrogens is 1. The number of nitrogens with zero attached hydrogens (tertiary/aromatic N) is 6. The summed E-state index contributed by atoms with van der Waals surface area (Å²) >= 11 is 6.18. The highest BCUT2D eigenvalue weighted by molar-refractivity contribution is 6.30. The molecule has 3 aliphatic rings. The van der Waals surface area contributed by atoms with E-state index in [0.717, 1.165) is 58.8 Å². The molecule has 1 aromatic carbocycles. The van der Waals surface area contributed by atoms with Crippen molar-refractivity contribution in [2.45, 2.75) is 45.3 Å². The van der Waals surface area contributed by atoms with Crippen LogP contribution in [-0.2, 0) is 13.0 Å². The normalized spacial score (nSPS) is 19.6. The van der Waals surface area contributed by atoms with Gasteiger partial charge in [-0.1, -0.05) is 23.7 Å². The number of piperidine rings is 1. The summed E-state index contributed by atoms with van der Waals surface area (Å²) in [6.07, 6.45) is 3.83. The molecule has 4 aromatic rings. The predicted octanol–water partition coefficient (Wildman–Crippen LogP) is 4.59. The molecule has 0 spiro atoms. The lowest BCUT2D eigenvalue weighted by Crippen LogP contribution is -2.68. The van der Waals surface area contributed by atoms with Crippen molar-refractivity contribution >= 4 is 17.4 Å². The van der Waals surface area contributed by atoms with Gasteiger partial charge in [0.25, 0.3) is 0 Å². The summed E-state index contributed by atoms with van der Waals surface area (Å²) in [5.41, 5.74) is 6.14. The third kappa shape index (κ3) is 4.66. The van der Waals surface area contributed by atoms with Crippen LogP contribution in [0.5, 0.6) is 0 Å². The van der Waals surface area contributed by atoms with E-state index in [1.807, 2.05) is 44.3 Å². The molecule has 7 nitrogen and oxygen atoms in total. The summed E-state index contributed by atoms with van der Waals surface area (Å²) in [5.74, 6) is 1.73. The number of aromatic nitrogens is 5. The zero-order valence-electron chi connectivity index (χ0n) is 19.9. The van der Waals surface area contributed by atoms with Gasteiger partial charge in [0, 0.05) is 66.3 Å². The molecule has 0 saturated carbocycles. The van der Waals surface area contributed by atoms with Crippen LogP contribution in [0.3, 0.4) is 0 Å². The monoisotopic (exact) mass is 485 g/mol. The SMILES string of the molecule is Cc1cc(Cc2cc(C)[nH]n2)nc(-c2ccc(N3CC4CC(C3)N4Cc3cccc(Cl)c3)nc2)n1. The average Bonchev–Trinajstić information content (AvgIpc) is 3.26. The molecule has 178 valence electrons. The van der Waals surface area contributed by atoms with E-state index in [-0.39, 0.29) is 0 Å². The van der Waals surface area contributed by atoms with Crippen LogP contribution < -0.4 is 4.90 Å². The molecule has 35 heavy (non-hydrogen) atoms. The lowest BCUT2D eigenvalue weighted by molar-refractivity contribution is -0.00867. The first kappa shape index (κ1) is 22.2. The fraction of sp³-hybridized carbons (Fsp3) is 0.333. The molecular formula is C27H28ClN7. The molecule has 7 rings (SSSR count). The maximum absolute atomic E-state index is 6.18. The Morgan fingerprint density at radius 2 is 1.86 bits per heavy atom. The topological polar surface area (TPSA) is 73.8 Å². The van der Waals surface area contributed by atoms with Gasteiger partial charge < -0.3 is 4.90 Å². The number of anilines is 1. The van der Waals surface area contributed by atoms with Crippen LogP contribution in [0.2, 0.25) is 5.02 Å². The predicted molar refractivity (Wildman–Crippen MR) is 138 cm³/mol. The van der Waals surface area contributed by atoms with Crippen molar-refractivity contribution in [1.82, 2.24) is 30.0 Å². The number of fused-ring (bicyclic) bond motifs is 2. The van der Waals surface area contributed by atoms with Gasteiger partial charge in [-0.15, -0.1) is 0 Å². The number of aromatic amines is 1. The zero-order valence-corrected chi connectivity index (χ0v) is 20.7. The number of pyridine rings is 1. The van der Waals surface area contributed by atoms with Gasteiger partial charge in [-0.05, 0) is 62.2 Å². The van der Waals surface area contributed by atoms with Gasteiger partial charge in [-0.2, -0.15) is 5.10 Å². The quantitative estimate of drug-likeness (QED) is 0.430. The van der Waals surface area contributed by atoms with Crippen molar-refractivity contribution in [2.75, 3.05) is 18.0 Å². The van der Waals surface area contributed by atoms with Gasteiger partial charge in [0.05, 0.1) is 11.4 Å². The van der Waals surface area contributed by atoms with Crippen LogP contribution in [0, 0.1) is 13.8 Å². The summed E-state index contributed by atoms with van der Waals surface area (Å²) in [4.78, 5) is 19.2. The second-order valence-electron chi connectivity index (χ2n) is 9.70. The lowest BCUT2D eigenvalue weighted by atomic mass is 9.86. The van der Waals surface area contributed by atoms with Crippen LogP contribution in [0.25, 0.3) is 11.4 Å². The summed E-state index contributed by atoms with van der Waals surface area (Å²) in [6.45, 7) is 6.96. The summed E-state index contributed by atoms with van der Waals surface area (Å²) in [5, 5.41) is 8.14. The Morgan fingerprint density at radius 3 is 2.57 bits per heavy atom. The van der Waals surface area contributed by atoms with E-state index in [9.17, 15) is 0 Å². The Labute approximate surface area is 210 Å². The van der Waals surface area contributed by atoms with E-state index < -0.39 is 0 Å². The Morgan fingerprint density at radius 1 is 1.00 bits per heavy atom. The maximum atomic E-state index is 6.18. The largest absolute Gasteiger partial charge is 0.353 e. The first-order valence-electron chi connectivity index (χ1n) is 12.1. The van der Waals surface area contributed by atoms with Crippen LogP contribution in [0.4, 0.5) is 5.82 Å². The Hall–Kier alpha value is -3.29. The summed E-state index contributed by atoms with van der Waals surface area (Å²) in [7, 11) is 0. The Kier molecular flexibility index (Phi) is 5.74. The van der Waals surface area contributed by atoms with E-state index in [4.69, 9.17) is 21.6 Å². The molecule has 2 bridgehead atoms. The Balaban J connectivity index is 1.13. The van der Waals surface area contributed by atoms with Crippen molar-refractivity contribution in [3.05, 3.63) is 88.1 Å². The molecule has 6 heterocycles. The average molecular weight is 486 g/mol. The zero-order chi connectivity index (χ0) is 23.9. The van der Waals surface area contributed by atoms with Crippen molar-refractivity contribution in [3.63, 3.8) is 0 Å². The molecule has 0 amide bonds. The minimum absolute atomic E-state index is 0.558. The highest BCUT2D eigenvalue weighted by Gasteiger charge is 2.44. The van der Waals surface area contributed by atoms with Crippen LogP contribution in [0.15, 0.2) is 54.7 Å². The smallest absolute Gasteiger partial charge is 0.161 e. The summed E-state index contributed by atoms with van der Waals surface area (Å²) < 4.78 is 0. The number of hydrogen-bond donors (Lipinski definition) is 1. The van der Waals surface area contributed by atoms with Crippen LogP contribution >= 0.6 is 11.6 Å². The molecule has 2 atom stereocenters. The molecular weight excluding hydrogens is 458 g/mol. The number of halogens is 1. The van der Waals surface area contributed by atoms with Crippen LogP contribution in [0.1, 0.15) is 34.8 Å². The van der Waals surface area contributed by atoms with E-state index >= 15 is 0 Å². The minimum atomic E-state index is 0.558. The highest BCUT2D eigenvalue weighted by atomic mass is 35.5. The first-order chi connectivity index (χ1) is 17.0. The van der Waals surface area contributed by atoms with Gasteiger partial charge >= 0.3 is 0 Å². The van der Waals surface area contributed by atoms with E-state index in [2.05, 4.69) is 49.2 Å². The van der Waals surface area contributed by atoms with E-state index in [1.54, 1.807) is 0 Å². The van der Waals surface area contributed by atoms with Gasteiger partial charge in [-0.3, -0.25) is 10.00 Å². The fourth-order valence-corrected chi connectivity index (χ4v) is 5.50. The van der Waals surface area contributed by atoms with E-state index in [0.29, 0.717) is 24.3 Å². The standard InChI is InChI=1S/C27H28ClN7/c1-17-8-22(11-23-9-18(2)32-33-23)31-27(30-17)20-6-7-26(29-13-20)34-15-24-12-25(16-34)35(24)14-19-4-3-5-21(28)10-19/h3-10,13,24-25H,11-12,14-16H2,1-2H3,(H,32,33). The van der Waals surface area contributed by atoms with Gasteiger partial charge in [0.15, 0.2) is 5.82 Å². The molecule has 3 aromatic heterocycles. The number of rotatable bonds is 6. The molecule has 3 fully saturated rings. The van der Waals surface area contributed by atoms with Gasteiger partial charge in [0.2, 0.25) is 0 Å². The number of nitrogens with one attached hydrogen (secondary N) is 1. The molecule has 3 aliphatic heterocycles. The second-order valence-corrected chi connectivity index (χ2v) is 10.1. The third-order valence-corrected chi connectivity index (χ3v) is 7.19. The Bertz CT molecular complexity index is 1340. The number of piperazine rings is 1. The van der Waals surface area contributed by atoms with Crippen LogP contribution in [-0.4, -0.2) is 55.2 Å². The maximum Gasteiger partial charge on any atom is 0.161 e. The highest BCUT2D eigenvalue weighted by Crippen LogP contribution is 2.35. The molecule has 0 aliphatic carbocycles. The fourth-order valence-electron chi connectivity index (χ4n) is 5.29. The minimum Gasteiger partial charge on any atom is -0.353 e. The van der Waals surface area contributed by atoms with Crippen molar-refractivity contribution in [3.8, 4) is 11.4 Å². The lowest BCUT2D eigenvalue weighted by Gasteiger charge is -2.56. The van der Waals surface area contributed by atoms with Crippen molar-refractivity contribution < 1.29 is 0 Å². The molecule has 0 radical (unpaired) electrons. The number of aryl methyl sites for hydroxylation is 2. The van der Waals surface area contributed by atoms with Crippen molar-refractivity contribution in [2.24, 2.45) is 0 Å². The number of benzene rings is 1. The second kappa shape index (κ2) is 9.06. The van der Waals surface area contributed by atoms with Gasteiger partial charge in [0.1, 0.15) is 5.82 Å². The number of hydrogen-bond acceptors (Lipinski definition) is 6. The van der Waals surface area contributed by atoms with Crippen molar-refractivity contribution in [1.29, 1.82) is 0 Å². The van der Waals surface area contributed by atoms with Gasteiger partial charge in [-0.25, -0.2) is 15.0 Å². The molecule has 1 N–H and O–H groups in total.